The van der Waals surface area contributed by atoms with Gasteiger partial charge in [0.1, 0.15) is 0 Å². The Bertz CT molecular complexity index is 439. The molecule has 72 valence electrons. The molecule has 0 spiro atoms. The van der Waals surface area contributed by atoms with Crippen LogP contribution in [0.4, 0.5) is 0 Å². The summed E-state index contributed by atoms with van der Waals surface area (Å²) in [5.41, 5.74) is 1.89. The highest BCUT2D eigenvalue weighted by Gasteiger charge is 2.02. The van der Waals surface area contributed by atoms with E-state index in [1.165, 1.54) is 0 Å². The van der Waals surface area contributed by atoms with Gasteiger partial charge >= 0.3 is 0 Å². The molecule has 0 aliphatic rings. The molecule has 14 heavy (non-hydrogen) atoms. The number of aromatic nitrogens is 2. The second kappa shape index (κ2) is 4.15. The Morgan fingerprint density at radius 3 is 2.71 bits per heavy atom. The maximum Gasteiger partial charge on any atom is 0.0831 e. The van der Waals surface area contributed by atoms with Gasteiger partial charge in [-0.25, -0.2) is 4.68 Å². The molecule has 0 saturated heterocycles. The van der Waals surface area contributed by atoms with E-state index in [2.05, 4.69) is 21.0 Å². The summed E-state index contributed by atoms with van der Waals surface area (Å²) in [7, 11) is 0. The molecule has 4 heteroatoms. The van der Waals surface area contributed by atoms with Crippen molar-refractivity contribution in [1.82, 2.24) is 9.78 Å². The number of halogens is 2. The van der Waals surface area contributed by atoms with Gasteiger partial charge in [-0.3, -0.25) is 0 Å². The smallest absolute Gasteiger partial charge is 0.0831 e. The van der Waals surface area contributed by atoms with Crippen LogP contribution in [0.25, 0.3) is 5.69 Å². The van der Waals surface area contributed by atoms with Crippen molar-refractivity contribution in [3.8, 4) is 5.69 Å². The Morgan fingerprint density at radius 2 is 2.07 bits per heavy atom. The molecule has 2 rings (SSSR count). The second-order valence-electron chi connectivity index (χ2n) is 2.84. The predicted octanol–water partition coefficient (Wildman–Crippen LogP) is 3.42. The average Bonchev–Trinajstić information content (AvgIpc) is 2.67. The summed E-state index contributed by atoms with van der Waals surface area (Å²) in [5.74, 6) is 0. The number of rotatable bonds is 2. The largest absolute Gasteiger partial charge is 0.239 e. The lowest BCUT2D eigenvalue weighted by molar-refractivity contribution is 0.861. The molecule has 0 aliphatic carbocycles. The van der Waals surface area contributed by atoms with Gasteiger partial charge in [0.05, 0.1) is 16.4 Å². The van der Waals surface area contributed by atoms with Crippen LogP contribution in [0, 0.1) is 0 Å². The molecule has 1 aromatic heterocycles. The fourth-order valence-electron chi connectivity index (χ4n) is 1.20. The standard InChI is InChI=1S/C10H8BrClN2/c11-7-8-5-6-14(13-8)10-4-2-1-3-9(10)12/h1-6H,7H2. The molecule has 0 amide bonds. The van der Waals surface area contributed by atoms with Crippen LogP contribution >= 0.6 is 27.5 Å². The van der Waals surface area contributed by atoms with Gasteiger partial charge in [0.25, 0.3) is 0 Å². The lowest BCUT2D eigenvalue weighted by Gasteiger charge is -2.02. The second-order valence-corrected chi connectivity index (χ2v) is 3.80. The van der Waals surface area contributed by atoms with Crippen LogP contribution in [0.3, 0.4) is 0 Å². The molecule has 2 nitrogen and oxygen atoms in total. The van der Waals surface area contributed by atoms with Crippen molar-refractivity contribution >= 4 is 27.5 Å². The van der Waals surface area contributed by atoms with Crippen LogP contribution in [-0.2, 0) is 5.33 Å². The summed E-state index contributed by atoms with van der Waals surface area (Å²) in [4.78, 5) is 0. The van der Waals surface area contributed by atoms with Gasteiger partial charge in [-0.2, -0.15) is 5.10 Å². The van der Waals surface area contributed by atoms with Crippen molar-refractivity contribution in [2.75, 3.05) is 0 Å². The van der Waals surface area contributed by atoms with E-state index < -0.39 is 0 Å². The highest BCUT2D eigenvalue weighted by atomic mass is 79.9. The Morgan fingerprint density at radius 1 is 1.29 bits per heavy atom. The summed E-state index contributed by atoms with van der Waals surface area (Å²) in [6.07, 6.45) is 1.90. The quantitative estimate of drug-likeness (QED) is 0.765. The lowest BCUT2D eigenvalue weighted by atomic mass is 10.3. The average molecular weight is 272 g/mol. The third kappa shape index (κ3) is 1.83. The highest BCUT2D eigenvalue weighted by Crippen LogP contribution is 2.19. The maximum atomic E-state index is 6.04. The number of alkyl halides is 1. The van der Waals surface area contributed by atoms with Gasteiger partial charge in [-0.15, -0.1) is 0 Å². The predicted molar refractivity (Wildman–Crippen MR) is 61.2 cm³/mol. The lowest BCUT2D eigenvalue weighted by Crippen LogP contribution is -1.95. The minimum Gasteiger partial charge on any atom is -0.239 e. The molecule has 1 heterocycles. The first kappa shape index (κ1) is 9.74. The molecule has 1 aromatic carbocycles. The Hall–Kier alpha value is -0.800. The summed E-state index contributed by atoms with van der Waals surface area (Å²) >= 11 is 9.39. The summed E-state index contributed by atoms with van der Waals surface area (Å²) < 4.78 is 1.78. The van der Waals surface area contributed by atoms with Gasteiger partial charge in [-0.05, 0) is 18.2 Å². The van der Waals surface area contributed by atoms with Crippen LogP contribution in [0.1, 0.15) is 5.69 Å². The Kier molecular flexibility index (Phi) is 2.89. The van der Waals surface area contributed by atoms with E-state index in [1.54, 1.807) is 4.68 Å². The normalized spacial score (nSPS) is 10.4. The van der Waals surface area contributed by atoms with Gasteiger partial charge in [0, 0.05) is 11.5 Å². The SMILES string of the molecule is Clc1ccccc1-n1ccc(CBr)n1. The summed E-state index contributed by atoms with van der Waals surface area (Å²) in [6, 6.07) is 9.59. The Labute approximate surface area is 95.6 Å². The first-order valence-electron chi connectivity index (χ1n) is 4.16. The zero-order valence-electron chi connectivity index (χ0n) is 7.32. The van der Waals surface area contributed by atoms with Crippen molar-refractivity contribution in [3.05, 3.63) is 47.2 Å². The van der Waals surface area contributed by atoms with E-state index in [9.17, 15) is 0 Å². The molecule has 0 bridgehead atoms. The van der Waals surface area contributed by atoms with Gasteiger partial charge < -0.3 is 0 Å². The Balaban J connectivity index is 2.44. The monoisotopic (exact) mass is 270 g/mol. The number of hydrogen-bond acceptors (Lipinski definition) is 1. The number of nitrogens with zero attached hydrogens (tertiary/aromatic N) is 2. The molecule has 0 N–H and O–H groups in total. The molecule has 0 atom stereocenters. The maximum absolute atomic E-state index is 6.04. The molecule has 0 saturated carbocycles. The number of hydrogen-bond donors (Lipinski definition) is 0. The van der Waals surface area contributed by atoms with Crippen LogP contribution in [0.2, 0.25) is 5.02 Å². The summed E-state index contributed by atoms with van der Waals surface area (Å²) in [5, 5.41) is 5.80. The van der Waals surface area contributed by atoms with E-state index in [4.69, 9.17) is 11.6 Å². The van der Waals surface area contributed by atoms with Crippen molar-refractivity contribution in [2.24, 2.45) is 0 Å². The van der Waals surface area contributed by atoms with Crippen molar-refractivity contribution in [1.29, 1.82) is 0 Å². The van der Waals surface area contributed by atoms with E-state index >= 15 is 0 Å². The van der Waals surface area contributed by atoms with Crippen LogP contribution in [-0.4, -0.2) is 9.78 Å². The molecule has 0 radical (unpaired) electrons. The van der Waals surface area contributed by atoms with E-state index in [0.717, 1.165) is 16.7 Å². The number of para-hydroxylation sites is 1. The minimum absolute atomic E-state index is 0.705. The van der Waals surface area contributed by atoms with E-state index in [1.807, 2.05) is 36.5 Å². The molecule has 0 aliphatic heterocycles. The molecule has 0 fully saturated rings. The number of benzene rings is 1. The van der Waals surface area contributed by atoms with Gasteiger partial charge in [0.15, 0.2) is 0 Å². The zero-order valence-corrected chi connectivity index (χ0v) is 9.66. The first-order valence-corrected chi connectivity index (χ1v) is 5.66. The fraction of sp³-hybridized carbons (Fsp3) is 0.100. The zero-order chi connectivity index (χ0) is 9.97. The highest BCUT2D eigenvalue weighted by molar-refractivity contribution is 9.08. The van der Waals surface area contributed by atoms with Gasteiger partial charge in [-0.1, -0.05) is 39.7 Å². The minimum atomic E-state index is 0.705. The molecular formula is C10H8BrClN2. The van der Waals surface area contributed by atoms with Crippen LogP contribution in [0.15, 0.2) is 36.5 Å². The first-order chi connectivity index (χ1) is 6.81. The molecule has 0 unspecified atom stereocenters. The third-order valence-corrected chi connectivity index (χ3v) is 2.77. The van der Waals surface area contributed by atoms with Crippen molar-refractivity contribution in [2.45, 2.75) is 5.33 Å². The molecule has 2 aromatic rings. The third-order valence-electron chi connectivity index (χ3n) is 1.88. The van der Waals surface area contributed by atoms with E-state index in [0.29, 0.717) is 5.02 Å². The van der Waals surface area contributed by atoms with E-state index in [-0.39, 0.29) is 0 Å². The van der Waals surface area contributed by atoms with Crippen molar-refractivity contribution < 1.29 is 0 Å². The molecular weight excluding hydrogens is 263 g/mol. The van der Waals surface area contributed by atoms with Crippen molar-refractivity contribution in [3.63, 3.8) is 0 Å². The van der Waals surface area contributed by atoms with Crippen LogP contribution in [0.5, 0.6) is 0 Å². The fourth-order valence-corrected chi connectivity index (χ4v) is 1.73. The van der Waals surface area contributed by atoms with Crippen LogP contribution < -0.4 is 0 Å². The summed E-state index contributed by atoms with van der Waals surface area (Å²) in [6.45, 7) is 0. The van der Waals surface area contributed by atoms with Gasteiger partial charge in [0.2, 0.25) is 0 Å². The topological polar surface area (TPSA) is 17.8 Å².